The number of carbonyl (C=O) groups excluding carboxylic acids is 2. The topological polar surface area (TPSA) is 67.4 Å². The highest BCUT2D eigenvalue weighted by molar-refractivity contribution is 5.74. The van der Waals surface area contributed by atoms with Gasteiger partial charge >= 0.3 is 6.09 Å². The summed E-state index contributed by atoms with van der Waals surface area (Å²) in [5.41, 5.74) is -0.234. The molecule has 0 aromatic heterocycles. The maximum absolute atomic E-state index is 11.5. The number of hydrogen-bond donors (Lipinski definition) is 2. The Morgan fingerprint density at radius 1 is 1.22 bits per heavy atom. The average Bonchev–Trinajstić information content (AvgIpc) is 2.02. The van der Waals surface area contributed by atoms with Crippen LogP contribution in [0.5, 0.6) is 0 Å². The maximum atomic E-state index is 11.5. The molecule has 18 heavy (non-hydrogen) atoms. The highest BCUT2D eigenvalue weighted by Crippen LogP contribution is 2.66. The van der Waals surface area contributed by atoms with Crippen molar-refractivity contribution in [2.45, 2.75) is 58.1 Å². The zero-order valence-electron chi connectivity index (χ0n) is 11.6. The molecular formula is C13H22N2O3. The molecule has 0 aliphatic heterocycles. The third-order valence-electron chi connectivity index (χ3n) is 3.59. The second-order valence-electron chi connectivity index (χ2n) is 6.85. The summed E-state index contributed by atoms with van der Waals surface area (Å²) in [6.07, 6.45) is 2.54. The highest BCUT2D eigenvalue weighted by atomic mass is 16.6. The van der Waals surface area contributed by atoms with Gasteiger partial charge in [-0.25, -0.2) is 4.79 Å². The van der Waals surface area contributed by atoms with Gasteiger partial charge in [-0.05, 0) is 45.4 Å². The van der Waals surface area contributed by atoms with Crippen molar-refractivity contribution in [1.82, 2.24) is 10.6 Å². The van der Waals surface area contributed by atoms with Crippen molar-refractivity contribution in [3.63, 3.8) is 0 Å². The van der Waals surface area contributed by atoms with Crippen LogP contribution >= 0.6 is 0 Å². The molecule has 0 radical (unpaired) electrons. The first kappa shape index (κ1) is 13.2. The van der Waals surface area contributed by atoms with Gasteiger partial charge in [0, 0.05) is 19.0 Å². The molecular weight excluding hydrogens is 232 g/mol. The molecule has 3 saturated carbocycles. The number of hydrogen-bond acceptors (Lipinski definition) is 3. The zero-order valence-corrected chi connectivity index (χ0v) is 11.6. The van der Waals surface area contributed by atoms with Crippen LogP contribution in [0.3, 0.4) is 0 Å². The summed E-state index contributed by atoms with van der Waals surface area (Å²) >= 11 is 0. The summed E-state index contributed by atoms with van der Waals surface area (Å²) in [5.74, 6) is 0.0309. The van der Waals surface area contributed by atoms with Crippen molar-refractivity contribution < 1.29 is 14.3 Å². The molecule has 0 saturated heterocycles. The Balaban J connectivity index is 1.69. The fraction of sp³-hybridized carbons (Fsp3) is 0.846. The first-order valence-corrected chi connectivity index (χ1v) is 6.39. The van der Waals surface area contributed by atoms with Gasteiger partial charge in [0.15, 0.2) is 0 Å². The smallest absolute Gasteiger partial charge is 0.407 e. The van der Waals surface area contributed by atoms with Gasteiger partial charge in [-0.15, -0.1) is 0 Å². The predicted molar refractivity (Wildman–Crippen MR) is 67.1 cm³/mol. The third-order valence-corrected chi connectivity index (χ3v) is 3.59. The van der Waals surface area contributed by atoms with E-state index in [0.29, 0.717) is 6.54 Å². The van der Waals surface area contributed by atoms with E-state index in [1.165, 1.54) is 0 Å². The molecule has 2 amide bonds. The summed E-state index contributed by atoms with van der Waals surface area (Å²) in [6, 6.07) is 0. The van der Waals surface area contributed by atoms with Gasteiger partial charge in [0.05, 0.1) is 0 Å². The van der Waals surface area contributed by atoms with Gasteiger partial charge < -0.3 is 15.4 Å². The lowest BCUT2D eigenvalue weighted by Crippen LogP contribution is -2.76. The van der Waals surface area contributed by atoms with Crippen molar-refractivity contribution in [3.8, 4) is 0 Å². The molecule has 5 heteroatoms. The Bertz CT molecular complexity index is 364. The molecule has 0 heterocycles. The fourth-order valence-corrected chi connectivity index (χ4v) is 3.27. The third kappa shape index (κ3) is 2.60. The molecule has 0 spiro atoms. The lowest BCUT2D eigenvalue weighted by molar-refractivity contribution is -0.161. The molecule has 0 aromatic rings. The Kier molecular flexibility index (Phi) is 2.83. The van der Waals surface area contributed by atoms with Crippen LogP contribution in [0.2, 0.25) is 0 Å². The number of ether oxygens (including phenoxy) is 1. The molecule has 3 aliphatic rings. The van der Waals surface area contributed by atoms with Crippen LogP contribution < -0.4 is 10.6 Å². The van der Waals surface area contributed by atoms with Crippen LogP contribution in [0.1, 0.15) is 47.0 Å². The zero-order chi connectivity index (χ0) is 13.6. The Hall–Kier alpha value is -1.26. The largest absolute Gasteiger partial charge is 0.444 e. The Morgan fingerprint density at radius 3 is 2.22 bits per heavy atom. The molecule has 0 unspecified atom stereocenters. The molecule has 3 aliphatic carbocycles. The molecule has 0 atom stereocenters. The van der Waals surface area contributed by atoms with E-state index in [4.69, 9.17) is 4.74 Å². The van der Waals surface area contributed by atoms with Crippen LogP contribution in [0.15, 0.2) is 0 Å². The lowest BCUT2D eigenvalue weighted by Gasteiger charge is -2.70. The summed E-state index contributed by atoms with van der Waals surface area (Å²) < 4.78 is 5.19. The maximum Gasteiger partial charge on any atom is 0.407 e. The van der Waals surface area contributed by atoms with Gasteiger partial charge in [-0.3, -0.25) is 4.79 Å². The number of nitrogens with one attached hydrogen (secondary N) is 2. The minimum Gasteiger partial charge on any atom is -0.444 e. The predicted octanol–water partition coefficient (Wildman–Crippen LogP) is 1.57. The SMILES string of the molecule is CC(=O)NC12CC(CNC(=O)OC(C)(C)C)(C1)C2. The molecule has 3 fully saturated rings. The fourth-order valence-electron chi connectivity index (χ4n) is 3.27. The van der Waals surface area contributed by atoms with Gasteiger partial charge in [0.25, 0.3) is 0 Å². The molecule has 0 aromatic carbocycles. The van der Waals surface area contributed by atoms with Gasteiger partial charge in [0.2, 0.25) is 5.91 Å². The molecule has 102 valence electrons. The quantitative estimate of drug-likeness (QED) is 0.803. The van der Waals surface area contributed by atoms with Crippen molar-refractivity contribution in [2.75, 3.05) is 6.54 Å². The molecule has 2 bridgehead atoms. The van der Waals surface area contributed by atoms with E-state index < -0.39 is 5.60 Å². The van der Waals surface area contributed by atoms with Crippen molar-refractivity contribution in [2.24, 2.45) is 5.41 Å². The average molecular weight is 254 g/mol. The second kappa shape index (κ2) is 3.87. The monoisotopic (exact) mass is 254 g/mol. The Labute approximate surface area is 108 Å². The van der Waals surface area contributed by atoms with E-state index in [-0.39, 0.29) is 23.0 Å². The van der Waals surface area contributed by atoms with Gasteiger partial charge in [0.1, 0.15) is 5.60 Å². The van der Waals surface area contributed by atoms with Crippen molar-refractivity contribution in [3.05, 3.63) is 0 Å². The lowest BCUT2D eigenvalue weighted by atomic mass is 9.39. The van der Waals surface area contributed by atoms with Gasteiger partial charge in [-0.1, -0.05) is 0 Å². The number of alkyl carbamates (subject to hydrolysis) is 1. The molecule has 3 rings (SSSR count). The highest BCUT2D eigenvalue weighted by Gasteiger charge is 2.68. The summed E-state index contributed by atoms with van der Waals surface area (Å²) in [6.45, 7) is 7.73. The summed E-state index contributed by atoms with van der Waals surface area (Å²) in [7, 11) is 0. The van der Waals surface area contributed by atoms with Crippen LogP contribution in [0.25, 0.3) is 0 Å². The number of carbonyl (C=O) groups is 2. The van der Waals surface area contributed by atoms with E-state index in [9.17, 15) is 9.59 Å². The molecule has 2 N–H and O–H groups in total. The van der Waals surface area contributed by atoms with Crippen molar-refractivity contribution >= 4 is 12.0 Å². The van der Waals surface area contributed by atoms with E-state index >= 15 is 0 Å². The van der Waals surface area contributed by atoms with Gasteiger partial charge in [-0.2, -0.15) is 0 Å². The van der Waals surface area contributed by atoms with Crippen LogP contribution in [0, 0.1) is 5.41 Å². The Morgan fingerprint density at radius 2 is 1.78 bits per heavy atom. The van der Waals surface area contributed by atoms with Crippen LogP contribution in [-0.2, 0) is 9.53 Å². The first-order valence-electron chi connectivity index (χ1n) is 6.39. The number of rotatable bonds is 3. The van der Waals surface area contributed by atoms with E-state index in [1.54, 1.807) is 6.92 Å². The minimum absolute atomic E-state index is 0.0292. The normalized spacial score (nSPS) is 32.9. The van der Waals surface area contributed by atoms with Crippen molar-refractivity contribution in [1.29, 1.82) is 0 Å². The first-order chi connectivity index (χ1) is 8.14. The van der Waals surface area contributed by atoms with E-state index in [0.717, 1.165) is 19.3 Å². The van der Waals surface area contributed by atoms with Crippen LogP contribution in [0.4, 0.5) is 4.79 Å². The minimum atomic E-state index is -0.457. The second-order valence-corrected chi connectivity index (χ2v) is 6.85. The van der Waals surface area contributed by atoms with E-state index in [2.05, 4.69) is 10.6 Å². The molecule has 5 nitrogen and oxygen atoms in total. The summed E-state index contributed by atoms with van der Waals surface area (Å²) in [5, 5.41) is 5.81. The number of amides is 2. The van der Waals surface area contributed by atoms with E-state index in [1.807, 2.05) is 20.8 Å². The standard InChI is InChI=1S/C13H22N2O3/c1-9(16)15-13-5-12(6-13,7-13)8-14-10(17)18-11(2,3)4/h5-8H2,1-4H3,(H,14,17)(H,15,16). The van der Waals surface area contributed by atoms with Crippen LogP contribution in [-0.4, -0.2) is 29.7 Å². The summed E-state index contributed by atoms with van der Waals surface area (Å²) in [4.78, 5) is 22.5.